The summed E-state index contributed by atoms with van der Waals surface area (Å²) in [5.41, 5.74) is 7.32. The van der Waals surface area contributed by atoms with Crippen molar-refractivity contribution in [2.45, 2.75) is 13.8 Å². The van der Waals surface area contributed by atoms with Crippen molar-refractivity contribution in [3.8, 4) is 0 Å². The van der Waals surface area contributed by atoms with E-state index in [-0.39, 0.29) is 5.82 Å². The van der Waals surface area contributed by atoms with Gasteiger partial charge in [-0.1, -0.05) is 0 Å². The molecule has 0 fully saturated rings. The van der Waals surface area contributed by atoms with Crippen LogP contribution in [0.25, 0.3) is 0 Å². The highest BCUT2D eigenvalue weighted by Gasteiger charge is 2.05. The highest BCUT2D eigenvalue weighted by Crippen LogP contribution is 2.17. The molecular weight excluding hydrogens is 155 g/mol. The van der Waals surface area contributed by atoms with E-state index in [0.29, 0.717) is 22.5 Å². The Morgan fingerprint density at radius 1 is 1.50 bits per heavy atom. The summed E-state index contributed by atoms with van der Waals surface area (Å²) in [4.78, 5) is 0. The Morgan fingerprint density at radius 3 is 2.58 bits per heavy atom. The summed E-state index contributed by atoms with van der Waals surface area (Å²) < 4.78 is 12.9. The zero-order valence-corrected chi connectivity index (χ0v) is 7.11. The van der Waals surface area contributed by atoms with Gasteiger partial charge in [-0.25, -0.2) is 4.39 Å². The van der Waals surface area contributed by atoms with Crippen molar-refractivity contribution in [2.75, 3.05) is 5.73 Å². The zero-order valence-electron chi connectivity index (χ0n) is 7.11. The van der Waals surface area contributed by atoms with Gasteiger partial charge in [-0.05, 0) is 31.5 Å². The van der Waals surface area contributed by atoms with Crippen molar-refractivity contribution < 1.29 is 4.39 Å². The molecule has 3 N–H and O–H groups in total. The minimum atomic E-state index is -0.322. The number of rotatable bonds is 1. The summed E-state index contributed by atoms with van der Waals surface area (Å²) in [5, 5.41) is 7.34. The highest BCUT2D eigenvalue weighted by atomic mass is 19.1. The van der Waals surface area contributed by atoms with Crippen LogP contribution in [0.15, 0.2) is 12.1 Å². The number of nitrogens with one attached hydrogen (secondary N) is 1. The number of benzene rings is 1. The van der Waals surface area contributed by atoms with Gasteiger partial charge < -0.3 is 11.1 Å². The standard InChI is InChI=1S/C9H11FN2/c1-5-3-7(6(2)11)9(12)4-8(5)10/h3-4,11H,12H2,1-2H3. The van der Waals surface area contributed by atoms with E-state index in [2.05, 4.69) is 0 Å². The zero-order chi connectivity index (χ0) is 9.30. The fourth-order valence-electron chi connectivity index (χ4n) is 1.02. The van der Waals surface area contributed by atoms with E-state index in [9.17, 15) is 4.39 Å². The molecule has 0 saturated heterocycles. The predicted molar refractivity (Wildman–Crippen MR) is 48.1 cm³/mol. The van der Waals surface area contributed by atoms with Crippen molar-refractivity contribution in [1.82, 2.24) is 0 Å². The fraction of sp³-hybridized carbons (Fsp3) is 0.222. The summed E-state index contributed by atoms with van der Waals surface area (Å²) in [5.74, 6) is -0.322. The van der Waals surface area contributed by atoms with Gasteiger partial charge in [-0.2, -0.15) is 0 Å². The van der Waals surface area contributed by atoms with Gasteiger partial charge in [0.25, 0.3) is 0 Å². The van der Waals surface area contributed by atoms with Crippen molar-refractivity contribution in [1.29, 1.82) is 5.41 Å². The van der Waals surface area contributed by atoms with Crippen LogP contribution in [0.1, 0.15) is 18.1 Å². The highest BCUT2D eigenvalue weighted by molar-refractivity contribution is 6.01. The number of anilines is 1. The molecule has 0 aliphatic carbocycles. The minimum absolute atomic E-state index is 0.322. The molecule has 0 atom stereocenters. The fourth-order valence-corrected chi connectivity index (χ4v) is 1.02. The molecule has 1 aromatic rings. The first-order valence-corrected chi connectivity index (χ1v) is 3.63. The number of nitrogen functional groups attached to an aromatic ring is 1. The molecule has 1 aromatic carbocycles. The average molecular weight is 166 g/mol. The molecule has 0 aliphatic rings. The van der Waals surface area contributed by atoms with Crippen LogP contribution >= 0.6 is 0 Å². The maximum atomic E-state index is 12.9. The third-order valence-corrected chi connectivity index (χ3v) is 1.73. The molecule has 0 bridgehead atoms. The smallest absolute Gasteiger partial charge is 0.128 e. The molecule has 0 spiro atoms. The summed E-state index contributed by atoms with van der Waals surface area (Å²) in [6.07, 6.45) is 0. The summed E-state index contributed by atoms with van der Waals surface area (Å²) >= 11 is 0. The Kier molecular flexibility index (Phi) is 2.13. The summed E-state index contributed by atoms with van der Waals surface area (Å²) in [6.45, 7) is 3.28. The number of nitrogens with two attached hydrogens (primary N) is 1. The summed E-state index contributed by atoms with van der Waals surface area (Å²) in [6, 6.07) is 2.84. The molecular formula is C9H11FN2. The van der Waals surface area contributed by atoms with Gasteiger partial charge in [0, 0.05) is 17.0 Å². The van der Waals surface area contributed by atoms with Crippen LogP contribution in [0.5, 0.6) is 0 Å². The second kappa shape index (κ2) is 2.93. The first-order valence-electron chi connectivity index (χ1n) is 3.63. The molecule has 12 heavy (non-hydrogen) atoms. The molecule has 1 rings (SSSR count). The van der Waals surface area contributed by atoms with Gasteiger partial charge >= 0.3 is 0 Å². The van der Waals surface area contributed by atoms with Gasteiger partial charge in [0.1, 0.15) is 5.82 Å². The normalized spacial score (nSPS) is 9.92. The molecule has 2 nitrogen and oxygen atoms in total. The molecule has 0 unspecified atom stereocenters. The Balaban J connectivity index is 3.33. The second-order valence-corrected chi connectivity index (χ2v) is 2.81. The monoisotopic (exact) mass is 166 g/mol. The largest absolute Gasteiger partial charge is 0.398 e. The van der Waals surface area contributed by atoms with Crippen LogP contribution in [0.4, 0.5) is 10.1 Å². The van der Waals surface area contributed by atoms with Gasteiger partial charge in [0.15, 0.2) is 0 Å². The van der Waals surface area contributed by atoms with E-state index in [1.54, 1.807) is 19.9 Å². The van der Waals surface area contributed by atoms with Gasteiger partial charge in [-0.15, -0.1) is 0 Å². The van der Waals surface area contributed by atoms with E-state index >= 15 is 0 Å². The average Bonchev–Trinajstić information content (AvgIpc) is 1.96. The lowest BCUT2D eigenvalue weighted by atomic mass is 10.1. The first-order chi connectivity index (χ1) is 5.52. The maximum Gasteiger partial charge on any atom is 0.128 e. The topological polar surface area (TPSA) is 49.9 Å². The van der Waals surface area contributed by atoms with Crippen molar-refractivity contribution in [2.24, 2.45) is 0 Å². The molecule has 3 heteroatoms. The van der Waals surface area contributed by atoms with Crippen LogP contribution in [-0.2, 0) is 0 Å². The number of aryl methyl sites for hydroxylation is 1. The Labute approximate surface area is 70.7 Å². The summed E-state index contributed by atoms with van der Waals surface area (Å²) in [7, 11) is 0. The van der Waals surface area contributed by atoms with Crippen molar-refractivity contribution >= 4 is 11.4 Å². The lowest BCUT2D eigenvalue weighted by molar-refractivity contribution is 0.619. The molecule has 0 heterocycles. The predicted octanol–water partition coefficient (Wildman–Crippen LogP) is 2.10. The number of halogens is 1. The minimum Gasteiger partial charge on any atom is -0.398 e. The van der Waals surface area contributed by atoms with Crippen LogP contribution in [0.2, 0.25) is 0 Å². The third kappa shape index (κ3) is 1.44. The Bertz CT molecular complexity index is 332. The quantitative estimate of drug-likeness (QED) is 0.487. The molecule has 0 radical (unpaired) electrons. The van der Waals surface area contributed by atoms with Crippen molar-refractivity contribution in [3.63, 3.8) is 0 Å². The third-order valence-electron chi connectivity index (χ3n) is 1.73. The molecule has 0 amide bonds. The molecule has 64 valence electrons. The van der Waals surface area contributed by atoms with Gasteiger partial charge in [-0.3, -0.25) is 0 Å². The van der Waals surface area contributed by atoms with Crippen LogP contribution in [0, 0.1) is 18.2 Å². The van der Waals surface area contributed by atoms with Crippen LogP contribution < -0.4 is 5.73 Å². The Morgan fingerprint density at radius 2 is 2.08 bits per heavy atom. The van der Waals surface area contributed by atoms with Gasteiger partial charge in [0.05, 0.1) is 0 Å². The maximum absolute atomic E-state index is 12.9. The molecule has 0 aliphatic heterocycles. The van der Waals surface area contributed by atoms with E-state index in [4.69, 9.17) is 11.1 Å². The SMILES string of the molecule is CC(=N)c1cc(C)c(F)cc1N. The number of hydrogen-bond acceptors (Lipinski definition) is 2. The van der Waals surface area contributed by atoms with E-state index < -0.39 is 0 Å². The lowest BCUT2D eigenvalue weighted by Crippen LogP contribution is -2.01. The van der Waals surface area contributed by atoms with E-state index in [1.165, 1.54) is 6.07 Å². The first kappa shape index (κ1) is 8.71. The van der Waals surface area contributed by atoms with Crippen molar-refractivity contribution in [3.05, 3.63) is 29.1 Å². The Hall–Kier alpha value is -1.38. The van der Waals surface area contributed by atoms with Crippen LogP contribution in [0.3, 0.4) is 0 Å². The van der Waals surface area contributed by atoms with Gasteiger partial charge in [0.2, 0.25) is 0 Å². The second-order valence-electron chi connectivity index (χ2n) is 2.81. The van der Waals surface area contributed by atoms with Crippen LogP contribution in [-0.4, -0.2) is 5.71 Å². The van der Waals surface area contributed by atoms with E-state index in [1.807, 2.05) is 0 Å². The lowest BCUT2D eigenvalue weighted by Gasteiger charge is -2.05. The molecule has 0 saturated carbocycles. The number of hydrogen-bond donors (Lipinski definition) is 2. The molecule has 0 aromatic heterocycles. The van der Waals surface area contributed by atoms with E-state index in [0.717, 1.165) is 0 Å².